The molecule has 3 heteroatoms. The number of rotatable bonds is 4. The summed E-state index contributed by atoms with van der Waals surface area (Å²) < 4.78 is 0. The summed E-state index contributed by atoms with van der Waals surface area (Å²) in [5, 5.41) is 4.54. The minimum Gasteiger partial charge on any atom is -0.365 e. The minimum atomic E-state index is 0.994. The van der Waals surface area contributed by atoms with Gasteiger partial charge >= 0.3 is 0 Å². The summed E-state index contributed by atoms with van der Waals surface area (Å²) in [6.45, 7) is 2.02. The fourth-order valence-electron chi connectivity index (χ4n) is 1.70. The zero-order valence-electron chi connectivity index (χ0n) is 9.48. The highest BCUT2D eigenvalue weighted by Crippen LogP contribution is 2.10. The molecule has 0 amide bonds. The van der Waals surface area contributed by atoms with E-state index in [2.05, 4.69) is 40.6 Å². The van der Waals surface area contributed by atoms with E-state index in [4.69, 9.17) is 0 Å². The van der Waals surface area contributed by atoms with Crippen LogP contribution in [0.25, 0.3) is 0 Å². The van der Waals surface area contributed by atoms with Gasteiger partial charge in [0.1, 0.15) is 0 Å². The molecule has 86 valence electrons. The summed E-state index contributed by atoms with van der Waals surface area (Å²) >= 11 is 1.85. The lowest BCUT2D eigenvalue weighted by Gasteiger charge is -2.12. The van der Waals surface area contributed by atoms with Crippen molar-refractivity contribution >= 4 is 16.9 Å². The molecule has 0 saturated carbocycles. The summed E-state index contributed by atoms with van der Waals surface area (Å²) in [6.07, 6.45) is 3.54. The Labute approximate surface area is 102 Å². The van der Waals surface area contributed by atoms with Crippen LogP contribution in [0, 0.1) is 0 Å². The highest BCUT2D eigenvalue weighted by Gasteiger charge is 2.03. The van der Waals surface area contributed by atoms with E-state index in [9.17, 15) is 0 Å². The number of nitrogens with zero attached hydrogens (tertiary/aromatic N) is 1. The molecule has 0 radical (unpaired) electrons. The molecule has 1 heterocycles. The number of hydrogen-bond acceptors (Lipinski definition) is 3. The fraction of sp³-hybridized carbons (Fsp3) is 0.462. The Morgan fingerprint density at radius 2 is 2.12 bits per heavy atom. The molecule has 1 N–H and O–H groups in total. The average molecular weight is 234 g/mol. The first-order valence-corrected chi connectivity index (χ1v) is 6.89. The third kappa shape index (κ3) is 3.89. The van der Waals surface area contributed by atoms with Gasteiger partial charge < -0.3 is 5.32 Å². The van der Waals surface area contributed by atoms with Crippen molar-refractivity contribution in [2.45, 2.75) is 19.3 Å². The largest absolute Gasteiger partial charge is 0.365 e. The second kappa shape index (κ2) is 6.59. The standard InChI is InChI=1S/C13H18N2S/c1-2-6-12(7-3-1)8-4-9-14-13-15-10-5-11-16-13/h1-3,6-7H,4-5,8-11H2,(H,14,15). The molecule has 0 aromatic heterocycles. The van der Waals surface area contributed by atoms with Crippen molar-refractivity contribution in [2.24, 2.45) is 4.99 Å². The molecule has 1 aliphatic rings. The van der Waals surface area contributed by atoms with Gasteiger partial charge in [0.25, 0.3) is 0 Å². The maximum Gasteiger partial charge on any atom is 0.156 e. The number of hydrogen-bond donors (Lipinski definition) is 1. The zero-order chi connectivity index (χ0) is 11.1. The predicted molar refractivity (Wildman–Crippen MR) is 72.1 cm³/mol. The molecule has 0 atom stereocenters. The SMILES string of the molecule is c1ccc(CCCNC2=NCCCS2)cc1. The molecule has 0 fully saturated rings. The van der Waals surface area contributed by atoms with Crippen molar-refractivity contribution in [1.82, 2.24) is 5.32 Å². The minimum absolute atomic E-state index is 0.994. The van der Waals surface area contributed by atoms with Gasteiger partial charge in [-0.05, 0) is 24.8 Å². The van der Waals surface area contributed by atoms with Gasteiger partial charge in [0.15, 0.2) is 5.17 Å². The van der Waals surface area contributed by atoms with E-state index in [0.29, 0.717) is 0 Å². The van der Waals surface area contributed by atoms with Crippen molar-refractivity contribution < 1.29 is 0 Å². The lowest BCUT2D eigenvalue weighted by atomic mass is 10.1. The molecule has 16 heavy (non-hydrogen) atoms. The maximum atomic E-state index is 4.44. The van der Waals surface area contributed by atoms with Crippen molar-refractivity contribution in [3.8, 4) is 0 Å². The molecule has 1 aromatic carbocycles. The quantitative estimate of drug-likeness (QED) is 0.810. The fourth-order valence-corrected chi connectivity index (χ4v) is 2.55. The number of amidine groups is 1. The summed E-state index contributed by atoms with van der Waals surface area (Å²) in [4.78, 5) is 4.44. The van der Waals surface area contributed by atoms with Gasteiger partial charge in [0.05, 0.1) is 0 Å². The van der Waals surface area contributed by atoms with Gasteiger partial charge in [-0.2, -0.15) is 0 Å². The van der Waals surface area contributed by atoms with Gasteiger partial charge in [-0.3, -0.25) is 4.99 Å². The van der Waals surface area contributed by atoms with Gasteiger partial charge in [-0.15, -0.1) is 0 Å². The van der Waals surface area contributed by atoms with E-state index in [1.54, 1.807) is 0 Å². The topological polar surface area (TPSA) is 24.4 Å². The Kier molecular flexibility index (Phi) is 4.74. The molecular formula is C13H18N2S. The molecule has 0 aliphatic carbocycles. The molecule has 0 saturated heterocycles. The molecule has 2 nitrogen and oxygen atoms in total. The summed E-state index contributed by atoms with van der Waals surface area (Å²) in [7, 11) is 0. The first kappa shape index (κ1) is 11.5. The van der Waals surface area contributed by atoms with Crippen LogP contribution < -0.4 is 5.32 Å². The third-order valence-electron chi connectivity index (χ3n) is 2.56. The number of benzene rings is 1. The van der Waals surface area contributed by atoms with E-state index >= 15 is 0 Å². The lowest BCUT2D eigenvalue weighted by Crippen LogP contribution is -2.24. The molecular weight excluding hydrogens is 216 g/mol. The third-order valence-corrected chi connectivity index (χ3v) is 3.60. The molecule has 0 bridgehead atoms. The molecule has 0 unspecified atom stereocenters. The Hall–Kier alpha value is -0.960. The van der Waals surface area contributed by atoms with Crippen LogP contribution >= 0.6 is 11.8 Å². The van der Waals surface area contributed by atoms with Crippen molar-refractivity contribution in [3.05, 3.63) is 35.9 Å². The number of aryl methyl sites for hydroxylation is 1. The van der Waals surface area contributed by atoms with Crippen molar-refractivity contribution in [3.63, 3.8) is 0 Å². The normalized spacial score (nSPS) is 15.6. The van der Waals surface area contributed by atoms with E-state index < -0.39 is 0 Å². The first-order valence-electron chi connectivity index (χ1n) is 5.90. The van der Waals surface area contributed by atoms with Crippen LogP contribution in [-0.4, -0.2) is 24.0 Å². The number of thioether (sulfide) groups is 1. The lowest BCUT2D eigenvalue weighted by molar-refractivity contribution is 0.772. The predicted octanol–water partition coefficient (Wildman–Crippen LogP) is 2.70. The zero-order valence-corrected chi connectivity index (χ0v) is 10.3. The van der Waals surface area contributed by atoms with E-state index in [-0.39, 0.29) is 0 Å². The monoisotopic (exact) mass is 234 g/mol. The smallest absolute Gasteiger partial charge is 0.156 e. The highest BCUT2D eigenvalue weighted by molar-refractivity contribution is 8.13. The number of nitrogens with one attached hydrogen (secondary N) is 1. The Bertz CT molecular complexity index is 335. The summed E-state index contributed by atoms with van der Waals surface area (Å²) in [5.74, 6) is 1.21. The van der Waals surface area contributed by atoms with E-state index in [1.807, 2.05) is 11.8 Å². The Balaban J connectivity index is 1.63. The van der Waals surface area contributed by atoms with Crippen molar-refractivity contribution in [2.75, 3.05) is 18.8 Å². The van der Waals surface area contributed by atoms with Gasteiger partial charge in [0, 0.05) is 18.8 Å². The van der Waals surface area contributed by atoms with Crippen LogP contribution in [0.2, 0.25) is 0 Å². The van der Waals surface area contributed by atoms with Gasteiger partial charge in [0.2, 0.25) is 0 Å². The average Bonchev–Trinajstić information content (AvgIpc) is 2.37. The number of aliphatic imine (C=N–C) groups is 1. The Morgan fingerprint density at radius 3 is 2.88 bits per heavy atom. The molecule has 1 aliphatic heterocycles. The maximum absolute atomic E-state index is 4.44. The molecule has 0 spiro atoms. The summed E-state index contributed by atoms with van der Waals surface area (Å²) in [6, 6.07) is 10.6. The summed E-state index contributed by atoms with van der Waals surface area (Å²) in [5.41, 5.74) is 1.42. The van der Waals surface area contributed by atoms with Crippen molar-refractivity contribution in [1.29, 1.82) is 0 Å². The highest BCUT2D eigenvalue weighted by atomic mass is 32.2. The van der Waals surface area contributed by atoms with Crippen LogP contribution in [0.3, 0.4) is 0 Å². The second-order valence-corrected chi connectivity index (χ2v) is 4.99. The Morgan fingerprint density at radius 1 is 1.25 bits per heavy atom. The second-order valence-electron chi connectivity index (χ2n) is 3.90. The van der Waals surface area contributed by atoms with Gasteiger partial charge in [-0.1, -0.05) is 42.1 Å². The van der Waals surface area contributed by atoms with Crippen LogP contribution in [0.1, 0.15) is 18.4 Å². The van der Waals surface area contributed by atoms with E-state index in [0.717, 1.165) is 24.7 Å². The van der Waals surface area contributed by atoms with Crippen LogP contribution in [0.4, 0.5) is 0 Å². The molecule has 2 rings (SSSR count). The first-order chi connectivity index (χ1) is 7.95. The molecule has 1 aromatic rings. The van der Waals surface area contributed by atoms with Crippen LogP contribution in [0.15, 0.2) is 35.3 Å². The van der Waals surface area contributed by atoms with Crippen LogP contribution in [-0.2, 0) is 6.42 Å². The van der Waals surface area contributed by atoms with Crippen LogP contribution in [0.5, 0.6) is 0 Å². The van der Waals surface area contributed by atoms with E-state index in [1.165, 1.54) is 24.2 Å². The van der Waals surface area contributed by atoms with Gasteiger partial charge in [-0.25, -0.2) is 0 Å².